The van der Waals surface area contributed by atoms with E-state index in [0.717, 1.165) is 40.5 Å². The Morgan fingerprint density at radius 1 is 1.17 bits per heavy atom. The van der Waals surface area contributed by atoms with Crippen molar-refractivity contribution >= 4 is 21.8 Å². The Labute approximate surface area is 165 Å². The minimum atomic E-state index is 0. The lowest BCUT2D eigenvalue weighted by Gasteiger charge is -2.55. The monoisotopic (exact) mass is 492 g/mol. The van der Waals surface area contributed by atoms with E-state index in [1.165, 1.54) is 25.8 Å². The SMILES string of the molecule is C[N+]1(C)CCCCC12CCN(C(=O)c1cccc(Br)c1)CC2.[I-]. The van der Waals surface area contributed by atoms with Crippen LogP contribution in [-0.4, -0.2) is 54.6 Å². The van der Waals surface area contributed by atoms with Crippen molar-refractivity contribution in [3.05, 3.63) is 34.3 Å². The van der Waals surface area contributed by atoms with Crippen LogP contribution >= 0.6 is 15.9 Å². The highest BCUT2D eigenvalue weighted by Crippen LogP contribution is 2.40. The first-order chi connectivity index (χ1) is 10.4. The number of piperidine rings is 2. The van der Waals surface area contributed by atoms with Crippen molar-refractivity contribution in [3.8, 4) is 0 Å². The largest absolute Gasteiger partial charge is 1.00 e. The van der Waals surface area contributed by atoms with E-state index in [4.69, 9.17) is 0 Å². The van der Waals surface area contributed by atoms with Gasteiger partial charge in [-0.05, 0) is 31.0 Å². The smallest absolute Gasteiger partial charge is 0.253 e. The van der Waals surface area contributed by atoms with Crippen LogP contribution in [0.1, 0.15) is 42.5 Å². The first-order valence-electron chi connectivity index (χ1n) is 8.32. The van der Waals surface area contributed by atoms with Gasteiger partial charge in [-0.15, -0.1) is 0 Å². The van der Waals surface area contributed by atoms with Crippen LogP contribution in [0, 0.1) is 0 Å². The van der Waals surface area contributed by atoms with Crippen LogP contribution in [0.15, 0.2) is 28.7 Å². The van der Waals surface area contributed by atoms with Gasteiger partial charge in [0.2, 0.25) is 0 Å². The molecule has 0 N–H and O–H groups in total. The molecule has 2 aliphatic heterocycles. The molecule has 1 spiro atoms. The number of benzene rings is 1. The van der Waals surface area contributed by atoms with Crippen LogP contribution in [0.25, 0.3) is 0 Å². The summed E-state index contributed by atoms with van der Waals surface area (Å²) in [4.78, 5) is 14.7. The molecule has 1 aromatic carbocycles. The van der Waals surface area contributed by atoms with E-state index in [2.05, 4.69) is 30.0 Å². The highest BCUT2D eigenvalue weighted by molar-refractivity contribution is 9.10. The molecule has 0 aliphatic carbocycles. The predicted molar refractivity (Wildman–Crippen MR) is 92.8 cm³/mol. The van der Waals surface area contributed by atoms with Crippen LogP contribution in [0.2, 0.25) is 0 Å². The zero-order valence-electron chi connectivity index (χ0n) is 14.0. The lowest BCUT2D eigenvalue weighted by Crippen LogP contribution is -3.00. The molecule has 2 fully saturated rings. The van der Waals surface area contributed by atoms with E-state index >= 15 is 0 Å². The van der Waals surface area contributed by atoms with Gasteiger partial charge in [0.15, 0.2) is 0 Å². The van der Waals surface area contributed by atoms with Crippen molar-refractivity contribution in [2.75, 3.05) is 33.7 Å². The van der Waals surface area contributed by atoms with Gasteiger partial charge in [0.05, 0.1) is 20.6 Å². The number of amides is 1. The van der Waals surface area contributed by atoms with E-state index in [1.807, 2.05) is 29.2 Å². The van der Waals surface area contributed by atoms with Gasteiger partial charge in [-0.3, -0.25) is 4.79 Å². The number of carbonyl (C=O) groups excluding carboxylic acids is 1. The predicted octanol–water partition coefficient (Wildman–Crippen LogP) is 0.688. The zero-order valence-corrected chi connectivity index (χ0v) is 17.8. The Hall–Kier alpha value is -0.140. The van der Waals surface area contributed by atoms with E-state index in [9.17, 15) is 4.79 Å². The molecule has 0 aromatic heterocycles. The standard InChI is InChI=1S/C18H26BrN2O.HI/c1-21(2)13-4-3-8-18(21)9-11-20(12-10-18)17(22)15-6-5-7-16(19)14-15;/h5-7,14H,3-4,8-13H2,1-2H3;1H/q+1;/p-1. The highest BCUT2D eigenvalue weighted by atomic mass is 127. The van der Waals surface area contributed by atoms with Gasteiger partial charge in [-0.25, -0.2) is 0 Å². The number of quaternary nitrogens is 1. The maximum atomic E-state index is 12.7. The van der Waals surface area contributed by atoms with Gasteiger partial charge in [0.25, 0.3) is 5.91 Å². The fourth-order valence-corrected chi connectivity index (χ4v) is 4.69. The van der Waals surface area contributed by atoms with Gasteiger partial charge in [-0.2, -0.15) is 0 Å². The van der Waals surface area contributed by atoms with E-state index in [0.29, 0.717) is 5.54 Å². The average Bonchev–Trinajstić information content (AvgIpc) is 2.50. The quantitative estimate of drug-likeness (QED) is 0.417. The molecule has 1 amide bonds. The molecule has 1 aromatic rings. The summed E-state index contributed by atoms with van der Waals surface area (Å²) in [7, 11) is 4.76. The Morgan fingerprint density at radius 2 is 1.87 bits per heavy atom. The normalized spacial score (nSPS) is 22.5. The van der Waals surface area contributed by atoms with Crippen molar-refractivity contribution in [2.24, 2.45) is 0 Å². The summed E-state index contributed by atoms with van der Waals surface area (Å²) in [6, 6.07) is 7.74. The van der Waals surface area contributed by atoms with Crippen LogP contribution in [0.3, 0.4) is 0 Å². The van der Waals surface area contributed by atoms with Crippen LogP contribution < -0.4 is 24.0 Å². The molecule has 0 unspecified atom stereocenters. The zero-order chi connectivity index (χ0) is 15.8. The molecule has 2 aliphatic rings. The fraction of sp³-hybridized carbons (Fsp3) is 0.611. The summed E-state index contributed by atoms with van der Waals surface area (Å²) in [5.41, 5.74) is 1.19. The Kier molecular flexibility index (Phi) is 6.17. The molecule has 0 atom stereocenters. The molecule has 3 rings (SSSR count). The van der Waals surface area contributed by atoms with Crippen LogP contribution in [0.4, 0.5) is 0 Å². The first kappa shape index (κ1) is 19.2. The maximum Gasteiger partial charge on any atom is 0.253 e. The number of carbonyl (C=O) groups is 1. The van der Waals surface area contributed by atoms with Crippen molar-refractivity contribution in [1.29, 1.82) is 0 Å². The lowest BCUT2D eigenvalue weighted by molar-refractivity contribution is -0.949. The summed E-state index contributed by atoms with van der Waals surface area (Å²) in [5.74, 6) is 0.178. The molecular formula is C18H26BrIN2O. The minimum absolute atomic E-state index is 0. The van der Waals surface area contributed by atoms with Crippen LogP contribution in [0.5, 0.6) is 0 Å². The third-order valence-corrected chi connectivity index (χ3v) is 6.44. The number of nitrogens with zero attached hydrogens (tertiary/aromatic N) is 2. The summed E-state index contributed by atoms with van der Waals surface area (Å²) in [6.07, 6.45) is 6.29. The molecule has 23 heavy (non-hydrogen) atoms. The summed E-state index contributed by atoms with van der Waals surface area (Å²) >= 11 is 3.45. The number of rotatable bonds is 1. The number of hydrogen-bond acceptors (Lipinski definition) is 1. The van der Waals surface area contributed by atoms with E-state index < -0.39 is 0 Å². The second kappa shape index (κ2) is 7.40. The Bertz CT molecular complexity index is 568. The molecule has 128 valence electrons. The molecule has 0 radical (unpaired) electrons. The first-order valence-corrected chi connectivity index (χ1v) is 9.11. The van der Waals surface area contributed by atoms with Gasteiger partial charge in [-0.1, -0.05) is 22.0 Å². The Balaban J connectivity index is 0.00000192. The molecular weight excluding hydrogens is 467 g/mol. The summed E-state index contributed by atoms with van der Waals surface area (Å²) in [6.45, 7) is 3.07. The van der Waals surface area contributed by atoms with Gasteiger partial charge in [0.1, 0.15) is 5.54 Å². The molecule has 5 heteroatoms. The van der Waals surface area contributed by atoms with Crippen molar-refractivity contribution in [2.45, 2.75) is 37.6 Å². The molecule has 2 saturated heterocycles. The van der Waals surface area contributed by atoms with Gasteiger partial charge >= 0.3 is 0 Å². The van der Waals surface area contributed by atoms with Gasteiger partial charge in [0, 0.05) is 42.4 Å². The molecule has 0 bridgehead atoms. The van der Waals surface area contributed by atoms with E-state index in [1.54, 1.807) is 0 Å². The topological polar surface area (TPSA) is 20.3 Å². The summed E-state index contributed by atoms with van der Waals surface area (Å²) < 4.78 is 2.10. The third-order valence-electron chi connectivity index (χ3n) is 5.95. The van der Waals surface area contributed by atoms with Crippen molar-refractivity contribution in [3.63, 3.8) is 0 Å². The van der Waals surface area contributed by atoms with Crippen LogP contribution in [-0.2, 0) is 0 Å². The van der Waals surface area contributed by atoms with Gasteiger partial charge < -0.3 is 33.4 Å². The fourth-order valence-electron chi connectivity index (χ4n) is 4.29. The second-order valence-corrected chi connectivity index (χ2v) is 8.31. The molecule has 3 nitrogen and oxygen atoms in total. The Morgan fingerprint density at radius 3 is 2.48 bits per heavy atom. The average molecular weight is 493 g/mol. The minimum Gasteiger partial charge on any atom is -1.00 e. The highest BCUT2D eigenvalue weighted by Gasteiger charge is 2.49. The molecule has 0 saturated carbocycles. The lowest BCUT2D eigenvalue weighted by atomic mass is 9.77. The van der Waals surface area contributed by atoms with Crippen molar-refractivity contribution in [1.82, 2.24) is 4.90 Å². The van der Waals surface area contributed by atoms with E-state index in [-0.39, 0.29) is 29.9 Å². The number of hydrogen-bond donors (Lipinski definition) is 0. The molecule has 2 heterocycles. The summed E-state index contributed by atoms with van der Waals surface area (Å²) in [5, 5.41) is 0. The van der Waals surface area contributed by atoms with Crippen molar-refractivity contribution < 1.29 is 33.3 Å². The number of halogens is 2. The third kappa shape index (κ3) is 3.76. The number of likely N-dealkylation sites (tertiary alicyclic amines) is 2. The second-order valence-electron chi connectivity index (χ2n) is 7.39. The maximum absolute atomic E-state index is 12.7.